The molecule has 0 aliphatic carbocycles. The van der Waals surface area contributed by atoms with Crippen LogP contribution in [0.5, 0.6) is 5.75 Å². The van der Waals surface area contributed by atoms with Gasteiger partial charge in [0.15, 0.2) is 0 Å². The molecule has 1 aromatic carbocycles. The monoisotopic (exact) mass is 284 g/mol. The van der Waals surface area contributed by atoms with Gasteiger partial charge in [-0.05, 0) is 18.2 Å². The van der Waals surface area contributed by atoms with E-state index in [-0.39, 0.29) is 35.4 Å². The summed E-state index contributed by atoms with van der Waals surface area (Å²) in [6.45, 7) is 0.721. The van der Waals surface area contributed by atoms with Gasteiger partial charge in [0.25, 0.3) is 5.91 Å². The molecule has 0 saturated carbocycles. The lowest BCUT2D eigenvalue weighted by atomic mass is 10.1. The largest absolute Gasteiger partial charge is 0.506 e. The van der Waals surface area contributed by atoms with Gasteiger partial charge in [0.2, 0.25) is 5.91 Å². The fraction of sp³-hybridized carbons (Fsp3) is 0.333. The topological polar surface area (TPSA) is 92.9 Å². The molecule has 2 rings (SSSR count). The lowest BCUT2D eigenvalue weighted by Gasteiger charge is -2.33. The van der Waals surface area contributed by atoms with E-state index in [0.29, 0.717) is 6.61 Å². The van der Waals surface area contributed by atoms with Crippen LogP contribution in [-0.2, 0) is 9.53 Å². The first-order valence-corrected chi connectivity index (χ1v) is 6.05. The minimum atomic E-state index is -0.783. The predicted molar refractivity (Wildman–Crippen MR) is 68.0 cm³/mol. The fourth-order valence-corrected chi connectivity index (χ4v) is 2.07. The van der Waals surface area contributed by atoms with Crippen molar-refractivity contribution in [1.82, 2.24) is 4.90 Å². The number of nitrogens with zero attached hydrogens (tertiary/aromatic N) is 1. The van der Waals surface area contributed by atoms with Crippen molar-refractivity contribution >= 4 is 23.4 Å². The Bertz CT molecular complexity index is 520. The Morgan fingerprint density at radius 3 is 2.84 bits per heavy atom. The lowest BCUT2D eigenvalue weighted by Crippen LogP contribution is -2.54. The van der Waals surface area contributed by atoms with Crippen molar-refractivity contribution in [3.8, 4) is 5.75 Å². The zero-order chi connectivity index (χ0) is 14.0. The Balaban J connectivity index is 2.26. The third kappa shape index (κ3) is 2.80. The number of nitrogens with two attached hydrogens (primary N) is 1. The number of primary amides is 1. The van der Waals surface area contributed by atoms with E-state index in [2.05, 4.69) is 0 Å². The molecule has 1 fully saturated rings. The van der Waals surface area contributed by atoms with E-state index >= 15 is 0 Å². The van der Waals surface area contributed by atoms with E-state index in [0.717, 1.165) is 0 Å². The van der Waals surface area contributed by atoms with Crippen molar-refractivity contribution in [3.05, 3.63) is 28.8 Å². The van der Waals surface area contributed by atoms with Gasteiger partial charge in [0.05, 0.1) is 18.2 Å². The number of ether oxygens (including phenoxy) is 1. The molecule has 7 heteroatoms. The number of aromatic hydroxyl groups is 1. The lowest BCUT2D eigenvalue weighted by molar-refractivity contribution is -0.127. The van der Waals surface area contributed by atoms with Crippen LogP contribution in [0.25, 0.3) is 0 Å². The molecule has 1 aliphatic heterocycles. The van der Waals surface area contributed by atoms with E-state index < -0.39 is 11.9 Å². The highest BCUT2D eigenvalue weighted by Crippen LogP contribution is 2.25. The number of phenols is 1. The Kier molecular flexibility index (Phi) is 3.92. The van der Waals surface area contributed by atoms with Crippen molar-refractivity contribution in [1.29, 1.82) is 0 Å². The smallest absolute Gasteiger partial charge is 0.254 e. The molecule has 1 unspecified atom stereocenters. The van der Waals surface area contributed by atoms with E-state index in [9.17, 15) is 14.7 Å². The number of carbonyl (C=O) groups is 2. The summed E-state index contributed by atoms with van der Waals surface area (Å²) in [5.41, 5.74) is 5.54. The first kappa shape index (κ1) is 13.6. The van der Waals surface area contributed by atoms with Crippen LogP contribution in [0.3, 0.4) is 0 Å². The summed E-state index contributed by atoms with van der Waals surface area (Å²) in [6.07, 6.45) is 0. The number of benzene rings is 1. The SMILES string of the molecule is NC(=O)C1COCCN1C(=O)c1ccc(O)c(Cl)c1. The summed E-state index contributed by atoms with van der Waals surface area (Å²) in [6, 6.07) is 3.34. The molecule has 3 N–H and O–H groups in total. The van der Waals surface area contributed by atoms with E-state index in [4.69, 9.17) is 22.1 Å². The summed E-state index contributed by atoms with van der Waals surface area (Å²) in [4.78, 5) is 25.0. The highest BCUT2D eigenvalue weighted by Gasteiger charge is 2.32. The van der Waals surface area contributed by atoms with Crippen LogP contribution >= 0.6 is 11.6 Å². The first-order valence-electron chi connectivity index (χ1n) is 5.67. The molecule has 1 aromatic rings. The summed E-state index contributed by atoms with van der Waals surface area (Å²) in [5.74, 6) is -1.08. The number of amides is 2. The molecule has 19 heavy (non-hydrogen) atoms. The van der Waals surface area contributed by atoms with Crippen LogP contribution in [0, 0.1) is 0 Å². The van der Waals surface area contributed by atoms with Crippen molar-refractivity contribution in [2.75, 3.05) is 19.8 Å². The highest BCUT2D eigenvalue weighted by molar-refractivity contribution is 6.32. The van der Waals surface area contributed by atoms with Crippen molar-refractivity contribution < 1.29 is 19.4 Å². The predicted octanol–water partition coefficient (Wildman–Crippen LogP) is 0.372. The zero-order valence-electron chi connectivity index (χ0n) is 10.0. The molecule has 0 spiro atoms. The van der Waals surface area contributed by atoms with Gasteiger partial charge in [0, 0.05) is 12.1 Å². The Morgan fingerprint density at radius 1 is 1.47 bits per heavy atom. The van der Waals surface area contributed by atoms with Gasteiger partial charge >= 0.3 is 0 Å². The minimum absolute atomic E-state index is 0.0785. The fourth-order valence-electron chi connectivity index (χ4n) is 1.89. The molecule has 0 bridgehead atoms. The molecule has 2 amide bonds. The van der Waals surface area contributed by atoms with Crippen molar-refractivity contribution in [2.45, 2.75) is 6.04 Å². The average molecular weight is 285 g/mol. The Morgan fingerprint density at radius 2 is 2.21 bits per heavy atom. The van der Waals surface area contributed by atoms with E-state index in [1.807, 2.05) is 0 Å². The van der Waals surface area contributed by atoms with E-state index in [1.54, 1.807) is 0 Å². The van der Waals surface area contributed by atoms with E-state index in [1.165, 1.54) is 23.1 Å². The van der Waals surface area contributed by atoms with Crippen LogP contribution in [-0.4, -0.2) is 47.6 Å². The number of morpholine rings is 1. The zero-order valence-corrected chi connectivity index (χ0v) is 10.8. The van der Waals surface area contributed by atoms with Gasteiger partial charge in [-0.3, -0.25) is 9.59 Å². The molecule has 1 atom stereocenters. The summed E-state index contributed by atoms with van der Waals surface area (Å²) < 4.78 is 5.14. The number of hydrogen-bond acceptors (Lipinski definition) is 4. The second-order valence-electron chi connectivity index (χ2n) is 4.16. The second-order valence-corrected chi connectivity index (χ2v) is 4.57. The molecule has 1 aliphatic rings. The molecular formula is C12H13ClN2O4. The molecule has 1 heterocycles. The number of rotatable bonds is 2. The number of hydrogen-bond donors (Lipinski definition) is 2. The normalized spacial score (nSPS) is 19.2. The van der Waals surface area contributed by atoms with Gasteiger partial charge < -0.3 is 20.5 Å². The third-order valence-electron chi connectivity index (χ3n) is 2.91. The summed E-state index contributed by atoms with van der Waals surface area (Å²) in [5, 5.41) is 9.40. The van der Waals surface area contributed by atoms with Crippen LogP contribution < -0.4 is 5.73 Å². The van der Waals surface area contributed by atoms with Crippen LogP contribution in [0.2, 0.25) is 5.02 Å². The molecule has 102 valence electrons. The first-order chi connectivity index (χ1) is 9.00. The summed E-state index contributed by atoms with van der Waals surface area (Å²) in [7, 11) is 0. The Labute approximate surface area is 114 Å². The standard InChI is InChI=1S/C12H13ClN2O4/c13-8-5-7(1-2-10(8)16)12(18)15-3-4-19-6-9(15)11(14)17/h1-2,5,9,16H,3-4,6H2,(H2,14,17). The van der Waals surface area contributed by atoms with Gasteiger partial charge in [-0.15, -0.1) is 0 Å². The second kappa shape index (κ2) is 5.46. The van der Waals surface area contributed by atoms with Crippen molar-refractivity contribution in [3.63, 3.8) is 0 Å². The number of phenolic OH excluding ortho intramolecular Hbond substituents is 1. The molecule has 6 nitrogen and oxygen atoms in total. The van der Waals surface area contributed by atoms with Crippen LogP contribution in [0.4, 0.5) is 0 Å². The van der Waals surface area contributed by atoms with Gasteiger partial charge in [-0.25, -0.2) is 0 Å². The molecule has 1 saturated heterocycles. The molecule has 0 aromatic heterocycles. The van der Waals surface area contributed by atoms with Gasteiger partial charge in [0.1, 0.15) is 11.8 Å². The maximum Gasteiger partial charge on any atom is 0.254 e. The number of carbonyl (C=O) groups excluding carboxylic acids is 2. The quantitative estimate of drug-likeness (QED) is 0.821. The maximum absolute atomic E-state index is 12.3. The molecular weight excluding hydrogens is 272 g/mol. The maximum atomic E-state index is 12.3. The van der Waals surface area contributed by atoms with Gasteiger partial charge in [-0.1, -0.05) is 11.6 Å². The third-order valence-corrected chi connectivity index (χ3v) is 3.22. The Hall–Kier alpha value is -1.79. The van der Waals surface area contributed by atoms with Crippen LogP contribution in [0.1, 0.15) is 10.4 Å². The van der Waals surface area contributed by atoms with Crippen molar-refractivity contribution in [2.24, 2.45) is 5.73 Å². The summed E-state index contributed by atoms with van der Waals surface area (Å²) >= 11 is 5.76. The minimum Gasteiger partial charge on any atom is -0.506 e. The number of halogens is 1. The van der Waals surface area contributed by atoms with Crippen LogP contribution in [0.15, 0.2) is 18.2 Å². The average Bonchev–Trinajstić information content (AvgIpc) is 2.41. The van der Waals surface area contributed by atoms with Gasteiger partial charge in [-0.2, -0.15) is 0 Å². The molecule has 0 radical (unpaired) electrons. The highest BCUT2D eigenvalue weighted by atomic mass is 35.5.